The average Bonchev–Trinajstić information content (AvgIpc) is 3.03. The number of aliphatic hydroxyl groups excluding tert-OH is 1. The number of oxazole rings is 1. The number of carbonyl (C=O) groups is 1. The highest BCUT2D eigenvalue weighted by Crippen LogP contribution is 2.26. The van der Waals surface area contributed by atoms with Gasteiger partial charge in [-0.2, -0.15) is 0 Å². The van der Waals surface area contributed by atoms with Gasteiger partial charge in [-0.1, -0.05) is 0 Å². The van der Waals surface area contributed by atoms with Gasteiger partial charge in [-0.3, -0.25) is 4.79 Å². The molecule has 1 aliphatic rings. The predicted molar refractivity (Wildman–Crippen MR) is 93.5 cm³/mol. The maximum atomic E-state index is 12.8. The predicted octanol–water partition coefficient (Wildman–Crippen LogP) is 2.89. The normalized spacial score (nSPS) is 18.9. The minimum absolute atomic E-state index is 0.117. The van der Waals surface area contributed by atoms with Gasteiger partial charge in [-0.15, -0.1) is 0 Å². The van der Waals surface area contributed by atoms with E-state index in [1.807, 2.05) is 24.3 Å². The molecule has 0 aliphatic carbocycles. The fraction of sp³-hybridized carbons (Fsp3) is 0.474. The first kappa shape index (κ1) is 17.5. The number of amides is 1. The highest BCUT2D eigenvalue weighted by atomic mass is 16.5. The van der Waals surface area contributed by atoms with Crippen LogP contribution in [0.4, 0.5) is 0 Å². The van der Waals surface area contributed by atoms with Crippen LogP contribution in [0, 0.1) is 12.8 Å². The lowest BCUT2D eigenvalue weighted by Crippen LogP contribution is -2.43. The number of benzene rings is 1. The summed E-state index contributed by atoms with van der Waals surface area (Å²) in [5.74, 6) is 1.67. The van der Waals surface area contributed by atoms with Crippen molar-refractivity contribution in [2.75, 3.05) is 20.2 Å². The Bertz CT molecular complexity index is 736. The zero-order chi connectivity index (χ0) is 18.0. The molecule has 1 aromatic carbocycles. The van der Waals surface area contributed by atoms with Crippen LogP contribution in [0.15, 0.2) is 28.7 Å². The molecule has 1 saturated heterocycles. The molecule has 2 atom stereocenters. The highest BCUT2D eigenvalue weighted by Gasteiger charge is 2.30. The molecule has 0 spiro atoms. The molecule has 0 radical (unpaired) electrons. The lowest BCUT2D eigenvalue weighted by molar-refractivity contribution is 0.0461. The minimum Gasteiger partial charge on any atom is -0.497 e. The van der Waals surface area contributed by atoms with Crippen molar-refractivity contribution in [1.82, 2.24) is 9.88 Å². The second-order valence-corrected chi connectivity index (χ2v) is 6.55. The summed E-state index contributed by atoms with van der Waals surface area (Å²) < 4.78 is 10.9. The minimum atomic E-state index is -0.413. The Balaban J connectivity index is 1.80. The monoisotopic (exact) mass is 344 g/mol. The van der Waals surface area contributed by atoms with Gasteiger partial charge < -0.3 is 19.2 Å². The Hall–Kier alpha value is -2.34. The molecule has 134 valence electrons. The van der Waals surface area contributed by atoms with Gasteiger partial charge in [-0.25, -0.2) is 4.98 Å². The average molecular weight is 344 g/mol. The number of aromatic nitrogens is 1. The first-order valence-corrected chi connectivity index (χ1v) is 8.58. The number of methoxy groups -OCH3 is 1. The van der Waals surface area contributed by atoms with Crippen LogP contribution in [0.25, 0.3) is 11.5 Å². The topological polar surface area (TPSA) is 75.8 Å². The van der Waals surface area contributed by atoms with Gasteiger partial charge in [0.05, 0.1) is 13.2 Å². The van der Waals surface area contributed by atoms with Crippen molar-refractivity contribution in [3.63, 3.8) is 0 Å². The molecule has 6 heteroatoms. The number of rotatable bonds is 4. The largest absolute Gasteiger partial charge is 0.497 e. The van der Waals surface area contributed by atoms with Gasteiger partial charge >= 0.3 is 0 Å². The van der Waals surface area contributed by atoms with E-state index in [1.54, 1.807) is 25.9 Å². The van der Waals surface area contributed by atoms with Crippen molar-refractivity contribution in [1.29, 1.82) is 0 Å². The molecule has 1 fully saturated rings. The third-order valence-corrected chi connectivity index (χ3v) is 4.76. The van der Waals surface area contributed by atoms with Crippen LogP contribution in [0.5, 0.6) is 5.75 Å². The lowest BCUT2D eigenvalue weighted by atomic mass is 9.93. The Morgan fingerprint density at radius 3 is 2.76 bits per heavy atom. The second-order valence-electron chi connectivity index (χ2n) is 6.55. The molecule has 2 unspecified atom stereocenters. The molecule has 0 bridgehead atoms. The van der Waals surface area contributed by atoms with Gasteiger partial charge in [-0.05, 0) is 51.0 Å². The van der Waals surface area contributed by atoms with E-state index in [-0.39, 0.29) is 11.8 Å². The Morgan fingerprint density at radius 2 is 2.12 bits per heavy atom. The summed E-state index contributed by atoms with van der Waals surface area (Å²) in [6.07, 6.45) is 1.42. The van der Waals surface area contributed by atoms with Crippen LogP contribution < -0.4 is 4.74 Å². The van der Waals surface area contributed by atoms with E-state index in [0.717, 1.165) is 24.2 Å². The molecule has 1 N–H and O–H groups in total. The van der Waals surface area contributed by atoms with E-state index in [1.165, 1.54) is 0 Å². The van der Waals surface area contributed by atoms with Gasteiger partial charge in [0.1, 0.15) is 11.5 Å². The fourth-order valence-corrected chi connectivity index (χ4v) is 3.19. The quantitative estimate of drug-likeness (QED) is 0.923. The van der Waals surface area contributed by atoms with Crippen molar-refractivity contribution < 1.29 is 19.1 Å². The summed E-state index contributed by atoms with van der Waals surface area (Å²) in [6.45, 7) is 4.78. The third kappa shape index (κ3) is 3.69. The van der Waals surface area contributed by atoms with Crippen molar-refractivity contribution in [3.8, 4) is 17.2 Å². The van der Waals surface area contributed by atoms with Gasteiger partial charge in [0.2, 0.25) is 5.89 Å². The van der Waals surface area contributed by atoms with Crippen LogP contribution in [-0.2, 0) is 0 Å². The standard InChI is InChI=1S/C19H24N2O4/c1-12(22)15-5-4-10-21(11-15)19(23)17-13(2)25-18(20-17)14-6-8-16(24-3)9-7-14/h6-9,12,15,22H,4-5,10-11H2,1-3H3. The Labute approximate surface area is 147 Å². The maximum absolute atomic E-state index is 12.8. The van der Waals surface area contributed by atoms with Gasteiger partial charge in [0, 0.05) is 24.6 Å². The van der Waals surface area contributed by atoms with Crippen LogP contribution in [0.1, 0.15) is 36.0 Å². The molecule has 1 aliphatic heterocycles. The lowest BCUT2D eigenvalue weighted by Gasteiger charge is -2.33. The number of hydrogen-bond donors (Lipinski definition) is 1. The fourth-order valence-electron chi connectivity index (χ4n) is 3.19. The zero-order valence-corrected chi connectivity index (χ0v) is 14.9. The van der Waals surface area contributed by atoms with Crippen LogP contribution >= 0.6 is 0 Å². The molecule has 3 rings (SSSR count). The number of hydrogen-bond acceptors (Lipinski definition) is 5. The van der Waals surface area contributed by atoms with Crippen LogP contribution in [-0.4, -0.2) is 47.2 Å². The molecule has 1 aromatic heterocycles. The van der Waals surface area contributed by atoms with Gasteiger partial charge in [0.25, 0.3) is 5.91 Å². The summed E-state index contributed by atoms with van der Waals surface area (Å²) in [4.78, 5) is 19.0. The van der Waals surface area contributed by atoms with Gasteiger partial charge in [0.15, 0.2) is 5.69 Å². The van der Waals surface area contributed by atoms with Crippen LogP contribution in [0.2, 0.25) is 0 Å². The molecule has 25 heavy (non-hydrogen) atoms. The number of carbonyl (C=O) groups excluding carboxylic acids is 1. The molecule has 6 nitrogen and oxygen atoms in total. The highest BCUT2D eigenvalue weighted by molar-refractivity contribution is 5.93. The number of nitrogens with zero attached hydrogens (tertiary/aromatic N) is 2. The number of aliphatic hydroxyl groups is 1. The number of likely N-dealkylation sites (tertiary alicyclic amines) is 1. The van der Waals surface area contributed by atoms with Crippen molar-refractivity contribution in [3.05, 3.63) is 35.7 Å². The summed E-state index contributed by atoms with van der Waals surface area (Å²) in [5, 5.41) is 9.82. The molecular formula is C19H24N2O4. The zero-order valence-electron chi connectivity index (χ0n) is 14.9. The second kappa shape index (κ2) is 7.27. The SMILES string of the molecule is COc1ccc(-c2nc(C(=O)N3CCCC(C(C)O)C3)c(C)o2)cc1. The summed E-state index contributed by atoms with van der Waals surface area (Å²) in [7, 11) is 1.61. The number of ether oxygens (including phenoxy) is 1. The summed E-state index contributed by atoms with van der Waals surface area (Å²) in [6, 6.07) is 7.36. The van der Waals surface area contributed by atoms with Crippen LogP contribution in [0.3, 0.4) is 0 Å². The smallest absolute Gasteiger partial charge is 0.276 e. The van der Waals surface area contributed by atoms with E-state index >= 15 is 0 Å². The number of aryl methyl sites for hydroxylation is 1. The van der Waals surface area contributed by atoms with E-state index in [9.17, 15) is 9.90 Å². The van der Waals surface area contributed by atoms with E-state index in [4.69, 9.17) is 9.15 Å². The third-order valence-electron chi connectivity index (χ3n) is 4.76. The van der Waals surface area contributed by atoms with Crippen molar-refractivity contribution in [2.24, 2.45) is 5.92 Å². The Kier molecular flexibility index (Phi) is 5.08. The van der Waals surface area contributed by atoms with E-state index in [0.29, 0.717) is 30.4 Å². The molecule has 2 aromatic rings. The first-order chi connectivity index (χ1) is 12.0. The summed E-state index contributed by atoms with van der Waals surface area (Å²) >= 11 is 0. The van der Waals surface area contributed by atoms with Crippen molar-refractivity contribution >= 4 is 5.91 Å². The molecular weight excluding hydrogens is 320 g/mol. The van der Waals surface area contributed by atoms with E-state index < -0.39 is 6.10 Å². The maximum Gasteiger partial charge on any atom is 0.276 e. The summed E-state index contributed by atoms with van der Waals surface area (Å²) in [5.41, 5.74) is 1.14. The van der Waals surface area contributed by atoms with E-state index in [2.05, 4.69) is 4.98 Å². The first-order valence-electron chi connectivity index (χ1n) is 8.58. The Morgan fingerprint density at radius 1 is 1.40 bits per heavy atom. The number of piperidine rings is 1. The molecule has 1 amide bonds. The van der Waals surface area contributed by atoms with Crippen molar-refractivity contribution in [2.45, 2.75) is 32.8 Å². The molecule has 2 heterocycles. The molecule has 0 saturated carbocycles.